The summed E-state index contributed by atoms with van der Waals surface area (Å²) in [6.07, 6.45) is 3.34. The molecule has 1 atom stereocenters. The zero-order valence-electron chi connectivity index (χ0n) is 15.6. The van der Waals surface area contributed by atoms with Crippen molar-refractivity contribution in [2.75, 3.05) is 13.1 Å². The maximum atomic E-state index is 11.9. The number of nitrogens with one attached hydrogen (secondary N) is 2. The number of amides is 2. The van der Waals surface area contributed by atoms with Crippen LogP contribution < -0.4 is 10.6 Å². The Labute approximate surface area is 147 Å². The fraction of sp³-hybridized carbons (Fsp3) is 0.650. The van der Waals surface area contributed by atoms with E-state index in [0.717, 1.165) is 38.9 Å². The van der Waals surface area contributed by atoms with E-state index in [1.165, 1.54) is 11.1 Å². The van der Waals surface area contributed by atoms with E-state index in [1.807, 2.05) is 13.8 Å². The molecule has 0 radical (unpaired) electrons. The quantitative estimate of drug-likeness (QED) is 0.837. The van der Waals surface area contributed by atoms with E-state index < -0.39 is 0 Å². The van der Waals surface area contributed by atoms with Gasteiger partial charge in [-0.2, -0.15) is 0 Å². The Hall–Kier alpha value is -1.55. The van der Waals surface area contributed by atoms with Gasteiger partial charge in [-0.15, -0.1) is 0 Å². The molecule has 1 aromatic rings. The Morgan fingerprint density at radius 2 is 1.83 bits per heavy atom. The minimum absolute atomic E-state index is 0.0464. The summed E-state index contributed by atoms with van der Waals surface area (Å²) in [4.78, 5) is 14.3. The second-order valence-electron chi connectivity index (χ2n) is 7.76. The van der Waals surface area contributed by atoms with Crippen molar-refractivity contribution in [2.24, 2.45) is 5.92 Å². The molecule has 0 saturated carbocycles. The zero-order valence-corrected chi connectivity index (χ0v) is 15.6. The number of urea groups is 1. The molecular formula is C20H33N3O. The van der Waals surface area contributed by atoms with Crippen LogP contribution >= 0.6 is 0 Å². The van der Waals surface area contributed by atoms with Crippen molar-refractivity contribution in [1.82, 2.24) is 15.5 Å². The number of rotatable bonds is 6. The van der Waals surface area contributed by atoms with Crippen LogP contribution in [0.3, 0.4) is 0 Å². The SMILES string of the molecule is CC(C)Cc1ccc(CN2CCC[C@H](NC(=O)NC(C)C)C2)cc1. The van der Waals surface area contributed by atoms with E-state index in [0.29, 0.717) is 5.92 Å². The lowest BCUT2D eigenvalue weighted by Gasteiger charge is -2.33. The summed E-state index contributed by atoms with van der Waals surface area (Å²) in [5.41, 5.74) is 2.77. The summed E-state index contributed by atoms with van der Waals surface area (Å²) >= 11 is 0. The molecule has 1 fully saturated rings. The molecule has 0 aliphatic carbocycles. The Kier molecular flexibility index (Phi) is 7.10. The third-order valence-corrected chi connectivity index (χ3v) is 4.33. The van der Waals surface area contributed by atoms with Crippen LogP contribution in [0.4, 0.5) is 4.79 Å². The first kappa shape index (κ1) is 18.8. The molecule has 1 aliphatic rings. The molecular weight excluding hydrogens is 298 g/mol. The molecule has 24 heavy (non-hydrogen) atoms. The number of carbonyl (C=O) groups is 1. The maximum Gasteiger partial charge on any atom is 0.315 e. The summed E-state index contributed by atoms with van der Waals surface area (Å²) in [6.45, 7) is 11.5. The van der Waals surface area contributed by atoms with Crippen molar-refractivity contribution in [2.45, 2.75) is 65.6 Å². The van der Waals surface area contributed by atoms with Gasteiger partial charge in [-0.05, 0) is 56.7 Å². The molecule has 1 saturated heterocycles. The van der Waals surface area contributed by atoms with Crippen LogP contribution in [0.1, 0.15) is 51.7 Å². The molecule has 2 N–H and O–H groups in total. The standard InChI is InChI=1S/C20H33N3O/c1-15(2)12-17-7-9-18(10-8-17)13-23-11-5-6-19(14-23)22-20(24)21-16(3)4/h7-10,15-16,19H,5-6,11-14H2,1-4H3,(H2,21,22,24)/t19-/m0/s1. The van der Waals surface area contributed by atoms with Gasteiger partial charge in [-0.3, -0.25) is 4.90 Å². The minimum atomic E-state index is -0.0464. The highest BCUT2D eigenvalue weighted by Gasteiger charge is 2.21. The van der Waals surface area contributed by atoms with Gasteiger partial charge >= 0.3 is 6.03 Å². The van der Waals surface area contributed by atoms with Crippen molar-refractivity contribution in [1.29, 1.82) is 0 Å². The Morgan fingerprint density at radius 3 is 2.46 bits per heavy atom. The van der Waals surface area contributed by atoms with Crippen LogP contribution in [-0.4, -0.2) is 36.1 Å². The van der Waals surface area contributed by atoms with Crippen LogP contribution in [0.25, 0.3) is 0 Å². The predicted molar refractivity (Wildman–Crippen MR) is 100 cm³/mol. The number of benzene rings is 1. The number of hydrogen-bond donors (Lipinski definition) is 2. The number of nitrogens with zero attached hydrogens (tertiary/aromatic N) is 1. The highest BCUT2D eigenvalue weighted by Crippen LogP contribution is 2.15. The smallest absolute Gasteiger partial charge is 0.315 e. The number of piperidine rings is 1. The van der Waals surface area contributed by atoms with E-state index in [2.05, 4.69) is 53.6 Å². The van der Waals surface area contributed by atoms with E-state index in [1.54, 1.807) is 0 Å². The molecule has 134 valence electrons. The van der Waals surface area contributed by atoms with Crippen LogP contribution in [0.2, 0.25) is 0 Å². The largest absolute Gasteiger partial charge is 0.336 e. The van der Waals surface area contributed by atoms with Crippen LogP contribution in [-0.2, 0) is 13.0 Å². The Bertz CT molecular complexity index is 510. The molecule has 2 amide bonds. The van der Waals surface area contributed by atoms with Gasteiger partial charge in [0.15, 0.2) is 0 Å². The van der Waals surface area contributed by atoms with Crippen molar-refractivity contribution >= 4 is 6.03 Å². The Balaban J connectivity index is 1.83. The topological polar surface area (TPSA) is 44.4 Å². The predicted octanol–water partition coefficient (Wildman–Crippen LogP) is 3.56. The van der Waals surface area contributed by atoms with Gasteiger partial charge in [-0.25, -0.2) is 4.79 Å². The van der Waals surface area contributed by atoms with Gasteiger partial charge < -0.3 is 10.6 Å². The molecule has 0 aromatic heterocycles. The van der Waals surface area contributed by atoms with Gasteiger partial charge in [0.2, 0.25) is 0 Å². The van der Waals surface area contributed by atoms with E-state index in [9.17, 15) is 4.79 Å². The van der Waals surface area contributed by atoms with Crippen LogP contribution in [0.5, 0.6) is 0 Å². The molecule has 4 nitrogen and oxygen atoms in total. The van der Waals surface area contributed by atoms with Crippen LogP contribution in [0.15, 0.2) is 24.3 Å². The van der Waals surface area contributed by atoms with Gasteiger partial charge in [-0.1, -0.05) is 38.1 Å². The first-order valence-electron chi connectivity index (χ1n) is 9.29. The lowest BCUT2D eigenvalue weighted by atomic mass is 10.0. The summed E-state index contributed by atoms with van der Waals surface area (Å²) in [5, 5.41) is 6.01. The second-order valence-corrected chi connectivity index (χ2v) is 7.76. The molecule has 1 aromatic carbocycles. The summed E-state index contributed by atoms with van der Waals surface area (Å²) in [6, 6.07) is 9.39. The first-order chi connectivity index (χ1) is 11.4. The molecule has 4 heteroatoms. The van der Waals surface area contributed by atoms with Crippen molar-refractivity contribution in [3.8, 4) is 0 Å². The van der Waals surface area contributed by atoms with Gasteiger partial charge in [0.25, 0.3) is 0 Å². The highest BCUT2D eigenvalue weighted by atomic mass is 16.2. The molecule has 0 bridgehead atoms. The normalized spacial score (nSPS) is 18.8. The summed E-state index contributed by atoms with van der Waals surface area (Å²) in [5.74, 6) is 0.696. The van der Waals surface area contributed by atoms with Gasteiger partial charge in [0.05, 0.1) is 0 Å². The summed E-state index contributed by atoms with van der Waals surface area (Å²) in [7, 11) is 0. The van der Waals surface area contributed by atoms with E-state index in [-0.39, 0.29) is 18.1 Å². The van der Waals surface area contributed by atoms with Crippen molar-refractivity contribution in [3.63, 3.8) is 0 Å². The number of likely N-dealkylation sites (tertiary alicyclic amines) is 1. The number of hydrogen-bond acceptors (Lipinski definition) is 2. The Morgan fingerprint density at radius 1 is 1.17 bits per heavy atom. The lowest BCUT2D eigenvalue weighted by Crippen LogP contribution is -2.51. The average molecular weight is 332 g/mol. The number of carbonyl (C=O) groups excluding carboxylic acids is 1. The van der Waals surface area contributed by atoms with Crippen molar-refractivity contribution in [3.05, 3.63) is 35.4 Å². The lowest BCUT2D eigenvalue weighted by molar-refractivity contribution is 0.179. The first-order valence-corrected chi connectivity index (χ1v) is 9.29. The third-order valence-electron chi connectivity index (χ3n) is 4.33. The minimum Gasteiger partial charge on any atom is -0.336 e. The van der Waals surface area contributed by atoms with Gasteiger partial charge in [0, 0.05) is 25.2 Å². The third kappa shape index (κ3) is 6.52. The molecule has 0 spiro atoms. The van der Waals surface area contributed by atoms with E-state index in [4.69, 9.17) is 0 Å². The molecule has 1 aliphatic heterocycles. The monoisotopic (exact) mass is 331 g/mol. The second kappa shape index (κ2) is 9.07. The fourth-order valence-corrected chi connectivity index (χ4v) is 3.32. The molecule has 1 heterocycles. The van der Waals surface area contributed by atoms with Crippen molar-refractivity contribution < 1.29 is 4.79 Å². The molecule has 0 unspecified atom stereocenters. The molecule has 2 rings (SSSR count). The average Bonchev–Trinajstić information content (AvgIpc) is 2.48. The van der Waals surface area contributed by atoms with Crippen LogP contribution in [0, 0.1) is 5.92 Å². The van der Waals surface area contributed by atoms with E-state index >= 15 is 0 Å². The zero-order chi connectivity index (χ0) is 17.5. The fourth-order valence-electron chi connectivity index (χ4n) is 3.32. The maximum absolute atomic E-state index is 11.9. The summed E-state index contributed by atoms with van der Waals surface area (Å²) < 4.78 is 0. The van der Waals surface area contributed by atoms with Gasteiger partial charge in [0.1, 0.15) is 0 Å². The highest BCUT2D eigenvalue weighted by molar-refractivity contribution is 5.74.